The highest BCUT2D eigenvalue weighted by Gasteiger charge is 2.28. The van der Waals surface area contributed by atoms with Crippen molar-refractivity contribution in [2.45, 2.75) is 19.1 Å². The molecule has 0 unspecified atom stereocenters. The second kappa shape index (κ2) is 12.0. The fraction of sp³-hybridized carbons (Fsp3) is 0.273. The molecule has 2 aromatic carbocycles. The van der Waals surface area contributed by atoms with E-state index in [1.165, 1.54) is 0 Å². The molecule has 0 aliphatic carbocycles. The zero-order chi connectivity index (χ0) is 21.9. The minimum atomic E-state index is -1.26. The molecule has 1 aliphatic rings. The van der Waals surface area contributed by atoms with Crippen molar-refractivity contribution >= 4 is 23.5 Å². The minimum Gasteiger partial charge on any atom is -0.481 e. The number of morpholine rings is 1. The maximum Gasteiger partial charge on any atom is 0.328 e. The number of hydrogen-bond acceptors (Lipinski definition) is 5. The number of rotatable bonds is 6. The van der Waals surface area contributed by atoms with Crippen LogP contribution in [0.2, 0.25) is 5.02 Å². The predicted octanol–water partition coefficient (Wildman–Crippen LogP) is 3.47. The molecular weight excluding hydrogens is 410 g/mol. The highest BCUT2D eigenvalue weighted by atomic mass is 35.5. The number of carboxylic acid groups (broad SMARTS) is 2. The van der Waals surface area contributed by atoms with Gasteiger partial charge in [-0.05, 0) is 30.2 Å². The topological polar surface area (TPSA) is 105 Å². The van der Waals surface area contributed by atoms with E-state index in [4.69, 9.17) is 31.3 Å². The quantitative estimate of drug-likeness (QED) is 0.599. The van der Waals surface area contributed by atoms with Crippen molar-refractivity contribution in [3.63, 3.8) is 0 Å². The zero-order valence-corrected chi connectivity index (χ0v) is 17.2. The average molecular weight is 434 g/mol. The van der Waals surface area contributed by atoms with Gasteiger partial charge < -0.3 is 25.0 Å². The van der Waals surface area contributed by atoms with Crippen molar-refractivity contribution in [2.75, 3.05) is 19.7 Å². The Balaban J connectivity index is 0.000000343. The maximum atomic E-state index is 9.55. The SMILES string of the molecule is Cc1ccc(Cl)c(O[C@@H](c2ccccc2)[C@@H]2CNCCO2)c1.O=C(O)C=CC(=O)O. The Labute approximate surface area is 179 Å². The summed E-state index contributed by atoms with van der Waals surface area (Å²) in [7, 11) is 0. The zero-order valence-electron chi connectivity index (χ0n) is 16.5. The van der Waals surface area contributed by atoms with Gasteiger partial charge in [0, 0.05) is 25.2 Å². The third-order valence-corrected chi connectivity index (χ3v) is 4.44. The van der Waals surface area contributed by atoms with Gasteiger partial charge >= 0.3 is 11.9 Å². The molecule has 2 aromatic rings. The van der Waals surface area contributed by atoms with Crippen LogP contribution in [0.4, 0.5) is 0 Å². The lowest BCUT2D eigenvalue weighted by molar-refractivity contribution is -0.134. The molecule has 0 spiro atoms. The van der Waals surface area contributed by atoms with Gasteiger partial charge in [-0.25, -0.2) is 9.59 Å². The van der Waals surface area contributed by atoms with E-state index < -0.39 is 11.9 Å². The van der Waals surface area contributed by atoms with Crippen LogP contribution in [0.3, 0.4) is 0 Å². The number of benzene rings is 2. The summed E-state index contributed by atoms with van der Waals surface area (Å²) in [5.74, 6) is -1.82. The molecule has 0 saturated carbocycles. The first-order chi connectivity index (χ1) is 14.4. The molecule has 1 fully saturated rings. The highest BCUT2D eigenvalue weighted by molar-refractivity contribution is 6.32. The summed E-state index contributed by atoms with van der Waals surface area (Å²) < 4.78 is 12.2. The second-order valence-electron chi connectivity index (χ2n) is 6.51. The molecule has 0 radical (unpaired) electrons. The van der Waals surface area contributed by atoms with Crippen molar-refractivity contribution in [3.8, 4) is 5.75 Å². The van der Waals surface area contributed by atoms with Crippen LogP contribution in [0, 0.1) is 6.92 Å². The van der Waals surface area contributed by atoms with Gasteiger partial charge in [0.1, 0.15) is 11.9 Å². The van der Waals surface area contributed by atoms with Gasteiger partial charge in [0.25, 0.3) is 0 Å². The Morgan fingerprint density at radius 2 is 1.83 bits per heavy atom. The first-order valence-corrected chi connectivity index (χ1v) is 9.68. The molecule has 0 aromatic heterocycles. The first-order valence-electron chi connectivity index (χ1n) is 9.31. The van der Waals surface area contributed by atoms with Gasteiger partial charge in [0.15, 0.2) is 6.10 Å². The van der Waals surface area contributed by atoms with Crippen molar-refractivity contribution in [2.24, 2.45) is 0 Å². The smallest absolute Gasteiger partial charge is 0.328 e. The summed E-state index contributed by atoms with van der Waals surface area (Å²) >= 11 is 6.29. The average Bonchev–Trinajstić information content (AvgIpc) is 2.74. The van der Waals surface area contributed by atoms with Gasteiger partial charge in [0.05, 0.1) is 11.6 Å². The van der Waals surface area contributed by atoms with Gasteiger partial charge in [-0.1, -0.05) is 48.0 Å². The Hall–Kier alpha value is -2.87. The van der Waals surface area contributed by atoms with E-state index in [0.29, 0.717) is 29.5 Å². The summed E-state index contributed by atoms with van der Waals surface area (Å²) in [5, 5.41) is 19.6. The standard InChI is InChI=1S/C18H20ClNO2.C4H4O4/c1-13-7-8-15(19)16(11-13)22-18(14-5-3-2-4-6-14)17-12-20-9-10-21-17;5-3(6)1-2-4(7)8/h2-8,11,17-18,20H,9-10,12H2,1H3;1-2H,(H,5,6)(H,7,8)/t17-,18-;/m0./s1. The molecule has 1 saturated heterocycles. The molecule has 3 N–H and O–H groups in total. The van der Waals surface area contributed by atoms with Gasteiger partial charge in [-0.15, -0.1) is 0 Å². The minimum absolute atomic E-state index is 0.0345. The monoisotopic (exact) mass is 433 g/mol. The Kier molecular flexibility index (Phi) is 9.34. The third-order valence-electron chi connectivity index (χ3n) is 4.13. The number of ether oxygens (including phenoxy) is 2. The number of hydrogen-bond donors (Lipinski definition) is 3. The lowest BCUT2D eigenvalue weighted by Crippen LogP contribution is -2.43. The lowest BCUT2D eigenvalue weighted by Gasteiger charge is -2.32. The number of carboxylic acids is 2. The molecule has 0 bridgehead atoms. The summed E-state index contributed by atoms with van der Waals surface area (Å²) in [5.41, 5.74) is 2.21. The molecule has 1 aliphatic heterocycles. The van der Waals surface area contributed by atoms with Crippen LogP contribution in [0.25, 0.3) is 0 Å². The normalized spacial score (nSPS) is 16.9. The van der Waals surface area contributed by atoms with E-state index in [-0.39, 0.29) is 12.2 Å². The van der Waals surface area contributed by atoms with E-state index in [1.54, 1.807) is 0 Å². The Morgan fingerprint density at radius 3 is 2.40 bits per heavy atom. The largest absolute Gasteiger partial charge is 0.481 e. The Bertz CT molecular complexity index is 849. The fourth-order valence-electron chi connectivity index (χ4n) is 2.76. The lowest BCUT2D eigenvalue weighted by atomic mass is 10.0. The van der Waals surface area contributed by atoms with Crippen LogP contribution >= 0.6 is 11.6 Å². The number of aryl methyl sites for hydroxylation is 1. The van der Waals surface area contributed by atoms with Crippen LogP contribution in [0.1, 0.15) is 17.2 Å². The number of nitrogens with one attached hydrogen (secondary N) is 1. The van der Waals surface area contributed by atoms with Crippen LogP contribution in [0.15, 0.2) is 60.7 Å². The Morgan fingerprint density at radius 1 is 1.17 bits per heavy atom. The predicted molar refractivity (Wildman–Crippen MR) is 113 cm³/mol. The molecule has 0 amide bonds. The van der Waals surface area contributed by atoms with Gasteiger partial charge in [0.2, 0.25) is 0 Å². The first kappa shape index (κ1) is 23.4. The molecule has 8 heteroatoms. The highest BCUT2D eigenvalue weighted by Crippen LogP contribution is 2.32. The number of halogens is 1. The molecule has 30 heavy (non-hydrogen) atoms. The summed E-state index contributed by atoms with van der Waals surface area (Å²) in [6.45, 7) is 4.37. The van der Waals surface area contributed by atoms with Gasteiger partial charge in [-0.2, -0.15) is 0 Å². The van der Waals surface area contributed by atoms with Crippen LogP contribution in [-0.4, -0.2) is 48.0 Å². The molecule has 3 rings (SSSR count). The van der Waals surface area contributed by atoms with Crippen molar-refractivity contribution < 1.29 is 29.3 Å². The van der Waals surface area contributed by atoms with Crippen LogP contribution in [0.5, 0.6) is 5.75 Å². The van der Waals surface area contributed by atoms with Crippen molar-refractivity contribution in [1.82, 2.24) is 5.32 Å². The van der Waals surface area contributed by atoms with E-state index in [1.807, 2.05) is 43.3 Å². The molecule has 2 atom stereocenters. The molecule has 160 valence electrons. The van der Waals surface area contributed by atoms with Crippen molar-refractivity contribution in [3.05, 3.63) is 76.8 Å². The van der Waals surface area contributed by atoms with Crippen LogP contribution in [-0.2, 0) is 14.3 Å². The maximum absolute atomic E-state index is 9.55. The van der Waals surface area contributed by atoms with Crippen LogP contribution < -0.4 is 10.1 Å². The van der Waals surface area contributed by atoms with E-state index in [2.05, 4.69) is 17.4 Å². The third kappa shape index (κ3) is 7.87. The summed E-state index contributed by atoms with van der Waals surface area (Å²) in [6.07, 6.45) is 0.894. The molecule has 1 heterocycles. The van der Waals surface area contributed by atoms with E-state index in [9.17, 15) is 9.59 Å². The van der Waals surface area contributed by atoms with E-state index in [0.717, 1.165) is 24.2 Å². The fourth-order valence-corrected chi connectivity index (χ4v) is 2.92. The number of carbonyl (C=O) groups is 2. The molecule has 7 nitrogen and oxygen atoms in total. The van der Waals surface area contributed by atoms with Crippen molar-refractivity contribution in [1.29, 1.82) is 0 Å². The van der Waals surface area contributed by atoms with Gasteiger partial charge in [-0.3, -0.25) is 0 Å². The second-order valence-corrected chi connectivity index (χ2v) is 6.91. The molecular formula is C22H24ClNO6. The van der Waals surface area contributed by atoms with E-state index >= 15 is 0 Å². The summed E-state index contributed by atoms with van der Waals surface area (Å²) in [4.78, 5) is 19.1. The number of aliphatic carboxylic acids is 2. The summed E-state index contributed by atoms with van der Waals surface area (Å²) in [6, 6.07) is 16.0.